The number of hydrogen-bond donors (Lipinski definition) is 1. The van der Waals surface area contributed by atoms with Gasteiger partial charge in [0, 0.05) is 18.7 Å². The van der Waals surface area contributed by atoms with Crippen LogP contribution >= 0.6 is 0 Å². The van der Waals surface area contributed by atoms with Gasteiger partial charge in [-0.3, -0.25) is 4.79 Å². The molecule has 1 aromatic carbocycles. The molecular weight excluding hydrogens is 328 g/mol. The lowest BCUT2D eigenvalue weighted by Crippen LogP contribution is -2.52. The van der Waals surface area contributed by atoms with E-state index in [-0.39, 0.29) is 11.7 Å². The van der Waals surface area contributed by atoms with Crippen molar-refractivity contribution >= 4 is 15.9 Å². The molecule has 6 nitrogen and oxygen atoms in total. The number of rotatable bonds is 7. The van der Waals surface area contributed by atoms with Crippen LogP contribution in [0.4, 0.5) is 0 Å². The topological polar surface area (TPSA) is 75.7 Å². The normalized spacial score (nSPS) is 19.0. The van der Waals surface area contributed by atoms with E-state index in [4.69, 9.17) is 4.74 Å². The molecule has 1 aliphatic rings. The second-order valence-electron chi connectivity index (χ2n) is 5.97. The van der Waals surface area contributed by atoms with E-state index in [9.17, 15) is 13.2 Å². The number of amides is 1. The van der Waals surface area contributed by atoms with Gasteiger partial charge in [0.2, 0.25) is 15.9 Å². The number of methoxy groups -OCH3 is 1. The summed E-state index contributed by atoms with van der Waals surface area (Å²) >= 11 is 0. The highest BCUT2D eigenvalue weighted by Gasteiger charge is 2.35. The van der Waals surface area contributed by atoms with Crippen molar-refractivity contribution in [1.29, 1.82) is 0 Å². The largest absolute Gasteiger partial charge is 0.496 e. The van der Waals surface area contributed by atoms with Crippen LogP contribution in [-0.2, 0) is 21.4 Å². The Morgan fingerprint density at radius 1 is 1.33 bits per heavy atom. The molecule has 0 spiro atoms. The molecule has 0 unspecified atom stereocenters. The van der Waals surface area contributed by atoms with Gasteiger partial charge in [0.05, 0.1) is 12.9 Å². The number of ether oxygens (including phenoxy) is 1. The number of carbonyl (C=O) groups is 1. The molecule has 0 aromatic heterocycles. The van der Waals surface area contributed by atoms with Crippen molar-refractivity contribution < 1.29 is 17.9 Å². The molecule has 1 saturated heterocycles. The average molecular weight is 354 g/mol. The Balaban J connectivity index is 2.06. The predicted molar refractivity (Wildman–Crippen MR) is 93.3 cm³/mol. The minimum atomic E-state index is -3.38. The SMILES string of the molecule is CCCS(=O)(=O)N1CCCC[C@@H]1C(=O)NCc1ccccc1OC. The van der Waals surface area contributed by atoms with Gasteiger partial charge in [0.1, 0.15) is 11.8 Å². The maximum absolute atomic E-state index is 12.6. The monoisotopic (exact) mass is 354 g/mol. The number of benzene rings is 1. The van der Waals surface area contributed by atoms with Gasteiger partial charge in [-0.25, -0.2) is 8.42 Å². The zero-order chi connectivity index (χ0) is 17.6. The van der Waals surface area contributed by atoms with Crippen molar-refractivity contribution in [1.82, 2.24) is 9.62 Å². The lowest BCUT2D eigenvalue weighted by molar-refractivity contribution is -0.125. The third-order valence-electron chi connectivity index (χ3n) is 4.22. The van der Waals surface area contributed by atoms with Gasteiger partial charge in [-0.15, -0.1) is 0 Å². The van der Waals surface area contributed by atoms with E-state index in [1.54, 1.807) is 7.11 Å². The van der Waals surface area contributed by atoms with Gasteiger partial charge >= 0.3 is 0 Å². The molecule has 1 fully saturated rings. The van der Waals surface area contributed by atoms with Crippen LogP contribution in [0.3, 0.4) is 0 Å². The van der Waals surface area contributed by atoms with Crippen LogP contribution in [0.5, 0.6) is 5.75 Å². The van der Waals surface area contributed by atoms with Crippen molar-refractivity contribution in [2.45, 2.75) is 45.2 Å². The van der Waals surface area contributed by atoms with Gasteiger partial charge in [-0.05, 0) is 25.3 Å². The summed E-state index contributed by atoms with van der Waals surface area (Å²) in [6.45, 7) is 2.58. The van der Waals surface area contributed by atoms with Gasteiger partial charge < -0.3 is 10.1 Å². The minimum Gasteiger partial charge on any atom is -0.496 e. The highest BCUT2D eigenvalue weighted by Crippen LogP contribution is 2.22. The fourth-order valence-electron chi connectivity index (χ4n) is 3.02. The van der Waals surface area contributed by atoms with E-state index in [1.165, 1.54) is 4.31 Å². The smallest absolute Gasteiger partial charge is 0.238 e. The number of piperidine rings is 1. The van der Waals surface area contributed by atoms with E-state index in [0.29, 0.717) is 31.7 Å². The molecule has 1 aliphatic heterocycles. The van der Waals surface area contributed by atoms with E-state index in [2.05, 4.69) is 5.32 Å². The number of hydrogen-bond acceptors (Lipinski definition) is 4. The number of para-hydroxylation sites is 1. The Bertz CT molecular complexity index is 660. The Kier molecular flexibility index (Phi) is 6.62. The Hall–Kier alpha value is -1.60. The van der Waals surface area contributed by atoms with Crippen LogP contribution < -0.4 is 10.1 Å². The van der Waals surface area contributed by atoms with Gasteiger partial charge in [0.15, 0.2) is 0 Å². The maximum atomic E-state index is 12.6. The summed E-state index contributed by atoms with van der Waals surface area (Å²) in [5.74, 6) is 0.556. The van der Waals surface area contributed by atoms with Crippen LogP contribution in [0.1, 0.15) is 38.2 Å². The fourth-order valence-corrected chi connectivity index (χ4v) is 4.77. The molecule has 134 valence electrons. The Labute approximate surface area is 144 Å². The van der Waals surface area contributed by atoms with E-state index in [0.717, 1.165) is 18.4 Å². The van der Waals surface area contributed by atoms with E-state index in [1.807, 2.05) is 31.2 Å². The standard InChI is InChI=1S/C17H26N2O4S/c1-3-12-24(21,22)19-11-7-6-9-15(19)17(20)18-13-14-8-4-5-10-16(14)23-2/h4-5,8,10,15H,3,6-7,9,11-13H2,1-2H3,(H,18,20)/t15-/m1/s1. The molecule has 0 aliphatic carbocycles. The van der Waals surface area contributed by atoms with Crippen LogP contribution in [0, 0.1) is 0 Å². The van der Waals surface area contributed by atoms with Crippen LogP contribution in [0.15, 0.2) is 24.3 Å². The fraction of sp³-hybridized carbons (Fsp3) is 0.588. The quantitative estimate of drug-likeness (QED) is 0.811. The summed E-state index contributed by atoms with van der Waals surface area (Å²) in [5.41, 5.74) is 0.868. The molecule has 0 bridgehead atoms. The van der Waals surface area contributed by atoms with Crippen LogP contribution in [-0.4, -0.2) is 44.1 Å². The second-order valence-corrected chi connectivity index (χ2v) is 8.01. The van der Waals surface area contributed by atoms with Crippen LogP contribution in [0.25, 0.3) is 0 Å². The van der Waals surface area contributed by atoms with Gasteiger partial charge in [-0.2, -0.15) is 4.31 Å². The van der Waals surface area contributed by atoms with E-state index < -0.39 is 16.1 Å². The summed E-state index contributed by atoms with van der Waals surface area (Å²) in [6.07, 6.45) is 2.79. The third kappa shape index (κ3) is 4.48. The molecule has 2 rings (SSSR count). The molecule has 7 heteroatoms. The molecule has 1 aromatic rings. The number of carbonyl (C=O) groups excluding carboxylic acids is 1. The van der Waals surface area contributed by atoms with Crippen molar-refractivity contribution in [2.75, 3.05) is 19.4 Å². The zero-order valence-corrected chi connectivity index (χ0v) is 15.1. The molecule has 1 heterocycles. The minimum absolute atomic E-state index is 0.0866. The second kappa shape index (κ2) is 8.48. The first-order chi connectivity index (χ1) is 11.5. The molecule has 1 atom stereocenters. The average Bonchev–Trinajstić information content (AvgIpc) is 2.60. The highest BCUT2D eigenvalue weighted by molar-refractivity contribution is 7.89. The van der Waals surface area contributed by atoms with Crippen LogP contribution in [0.2, 0.25) is 0 Å². The first-order valence-electron chi connectivity index (χ1n) is 8.38. The van der Waals surface area contributed by atoms with Crippen molar-refractivity contribution in [3.63, 3.8) is 0 Å². The number of nitrogens with zero attached hydrogens (tertiary/aromatic N) is 1. The van der Waals surface area contributed by atoms with Gasteiger partial charge in [0.25, 0.3) is 0 Å². The molecule has 0 radical (unpaired) electrons. The molecule has 24 heavy (non-hydrogen) atoms. The lowest BCUT2D eigenvalue weighted by Gasteiger charge is -2.33. The maximum Gasteiger partial charge on any atom is 0.238 e. The lowest BCUT2D eigenvalue weighted by atomic mass is 10.0. The summed E-state index contributed by atoms with van der Waals surface area (Å²) in [7, 11) is -1.79. The first kappa shape index (κ1) is 18.7. The Morgan fingerprint density at radius 3 is 2.79 bits per heavy atom. The summed E-state index contributed by atoms with van der Waals surface area (Å²) in [4.78, 5) is 12.6. The Morgan fingerprint density at radius 2 is 2.08 bits per heavy atom. The molecular formula is C17H26N2O4S. The molecule has 1 N–H and O–H groups in total. The summed E-state index contributed by atoms with van der Waals surface area (Å²) < 4.78 is 31.5. The third-order valence-corrected chi connectivity index (χ3v) is 6.30. The van der Waals surface area contributed by atoms with Crippen molar-refractivity contribution in [3.8, 4) is 5.75 Å². The summed E-state index contributed by atoms with van der Waals surface area (Å²) in [6, 6.07) is 6.85. The van der Waals surface area contributed by atoms with E-state index >= 15 is 0 Å². The van der Waals surface area contributed by atoms with Gasteiger partial charge in [-0.1, -0.05) is 31.5 Å². The van der Waals surface area contributed by atoms with Crippen molar-refractivity contribution in [2.24, 2.45) is 0 Å². The highest BCUT2D eigenvalue weighted by atomic mass is 32.2. The number of nitrogens with one attached hydrogen (secondary N) is 1. The predicted octanol–water partition coefficient (Wildman–Crippen LogP) is 1.91. The van der Waals surface area contributed by atoms with Crippen molar-refractivity contribution in [3.05, 3.63) is 29.8 Å². The first-order valence-corrected chi connectivity index (χ1v) is 9.99. The summed E-state index contributed by atoms with van der Waals surface area (Å²) in [5, 5.41) is 2.86. The number of sulfonamides is 1. The molecule has 1 amide bonds. The molecule has 0 saturated carbocycles. The zero-order valence-electron chi connectivity index (χ0n) is 14.3.